The van der Waals surface area contributed by atoms with Crippen molar-refractivity contribution in [2.45, 2.75) is 25.9 Å². The number of hydrogen-bond acceptors (Lipinski definition) is 6. The van der Waals surface area contributed by atoms with Gasteiger partial charge in [-0.15, -0.1) is 0 Å². The summed E-state index contributed by atoms with van der Waals surface area (Å²) in [6.45, 7) is 1.18. The molecule has 3 aromatic rings. The number of anilines is 2. The van der Waals surface area contributed by atoms with Crippen LogP contribution < -0.4 is 10.6 Å². The van der Waals surface area contributed by atoms with E-state index in [4.69, 9.17) is 4.52 Å². The van der Waals surface area contributed by atoms with Crippen LogP contribution in [0.5, 0.6) is 0 Å². The molecule has 7 nitrogen and oxygen atoms in total. The molecule has 0 aliphatic rings. The molecule has 0 aliphatic carbocycles. The Labute approximate surface area is 166 Å². The monoisotopic (exact) mass is 424 g/mol. The summed E-state index contributed by atoms with van der Waals surface area (Å²) in [5, 5.41) is 12.0. The Kier molecular flexibility index (Phi) is 5.97. The standard InChI is InChI=1S/C18H15F3N4O3S/c1-10(26)22-12-2-3-14(13(8-12)18(19,20)21)23-15(27)4-5-16-24-17(25-28-16)11-6-7-29-9-11/h2-3,6-9H,4-5H2,1H3,(H,22,26)(H,23,27). The number of aryl methyl sites for hydroxylation is 1. The van der Waals surface area contributed by atoms with Crippen molar-refractivity contribution in [2.75, 3.05) is 10.6 Å². The second-order valence-electron chi connectivity index (χ2n) is 6.01. The minimum atomic E-state index is -4.71. The molecule has 0 saturated heterocycles. The van der Waals surface area contributed by atoms with Crippen LogP contribution in [0.1, 0.15) is 24.8 Å². The molecule has 0 atom stereocenters. The van der Waals surface area contributed by atoms with Crippen molar-refractivity contribution in [3.8, 4) is 11.4 Å². The molecule has 3 rings (SSSR count). The second-order valence-corrected chi connectivity index (χ2v) is 6.79. The highest BCUT2D eigenvalue weighted by Gasteiger charge is 2.34. The molecular formula is C18H15F3N4O3S. The van der Waals surface area contributed by atoms with Crippen LogP contribution in [-0.2, 0) is 22.2 Å². The maximum atomic E-state index is 13.3. The van der Waals surface area contributed by atoms with Gasteiger partial charge in [0.25, 0.3) is 0 Å². The average Bonchev–Trinajstić information content (AvgIpc) is 3.31. The third kappa shape index (κ3) is 5.41. The highest BCUT2D eigenvalue weighted by molar-refractivity contribution is 7.08. The highest BCUT2D eigenvalue weighted by Crippen LogP contribution is 2.36. The minimum Gasteiger partial charge on any atom is -0.339 e. The molecule has 2 amide bonds. The Balaban J connectivity index is 1.66. The Bertz CT molecular complexity index is 1020. The van der Waals surface area contributed by atoms with Gasteiger partial charge in [-0.05, 0) is 29.6 Å². The van der Waals surface area contributed by atoms with Gasteiger partial charge in [0.05, 0.1) is 11.3 Å². The number of hydrogen-bond donors (Lipinski definition) is 2. The summed E-state index contributed by atoms with van der Waals surface area (Å²) in [6.07, 6.45) is -4.77. The maximum absolute atomic E-state index is 13.3. The van der Waals surface area contributed by atoms with Crippen LogP contribution in [-0.4, -0.2) is 22.0 Å². The zero-order chi connectivity index (χ0) is 21.0. The quantitative estimate of drug-likeness (QED) is 0.613. The number of halogens is 3. The molecule has 152 valence electrons. The van der Waals surface area contributed by atoms with Gasteiger partial charge in [0.2, 0.25) is 23.5 Å². The molecule has 11 heteroatoms. The van der Waals surface area contributed by atoms with Crippen LogP contribution in [0.4, 0.5) is 24.5 Å². The first-order chi connectivity index (χ1) is 13.7. The van der Waals surface area contributed by atoms with Crippen LogP contribution in [0.15, 0.2) is 39.5 Å². The molecule has 2 aromatic heterocycles. The number of aromatic nitrogens is 2. The van der Waals surface area contributed by atoms with E-state index in [-0.39, 0.29) is 24.4 Å². The summed E-state index contributed by atoms with van der Waals surface area (Å²) >= 11 is 1.47. The van der Waals surface area contributed by atoms with E-state index in [0.29, 0.717) is 5.82 Å². The lowest BCUT2D eigenvalue weighted by molar-refractivity contribution is -0.137. The topological polar surface area (TPSA) is 97.1 Å². The predicted octanol–water partition coefficient (Wildman–Crippen LogP) is 4.35. The molecule has 0 saturated carbocycles. The van der Waals surface area contributed by atoms with E-state index >= 15 is 0 Å². The molecule has 2 N–H and O–H groups in total. The van der Waals surface area contributed by atoms with Gasteiger partial charge in [0.1, 0.15) is 0 Å². The fraction of sp³-hybridized carbons (Fsp3) is 0.222. The van der Waals surface area contributed by atoms with E-state index < -0.39 is 29.2 Å². The molecule has 0 aliphatic heterocycles. The fourth-order valence-electron chi connectivity index (χ4n) is 2.47. The fourth-order valence-corrected chi connectivity index (χ4v) is 3.10. The van der Waals surface area contributed by atoms with Crippen LogP contribution in [0.25, 0.3) is 11.4 Å². The third-order valence-corrected chi connectivity index (χ3v) is 4.42. The van der Waals surface area contributed by atoms with E-state index in [1.54, 1.807) is 0 Å². The molecule has 0 spiro atoms. The summed E-state index contributed by atoms with van der Waals surface area (Å²) in [5.74, 6) is -0.553. The van der Waals surface area contributed by atoms with Crippen molar-refractivity contribution in [3.05, 3.63) is 46.5 Å². The van der Waals surface area contributed by atoms with Gasteiger partial charge in [-0.2, -0.15) is 29.5 Å². The minimum absolute atomic E-state index is 0.0188. The Morgan fingerprint density at radius 3 is 2.66 bits per heavy atom. The van der Waals surface area contributed by atoms with E-state index in [9.17, 15) is 22.8 Å². The number of benzene rings is 1. The number of amides is 2. The van der Waals surface area contributed by atoms with Crippen molar-refractivity contribution in [3.63, 3.8) is 0 Å². The normalized spacial score (nSPS) is 11.3. The lowest BCUT2D eigenvalue weighted by atomic mass is 10.1. The van der Waals surface area contributed by atoms with Gasteiger partial charge in [-0.3, -0.25) is 9.59 Å². The number of carbonyl (C=O) groups is 2. The SMILES string of the molecule is CC(=O)Nc1ccc(NC(=O)CCc2nc(-c3ccsc3)no2)c(C(F)(F)F)c1. The van der Waals surface area contributed by atoms with E-state index in [0.717, 1.165) is 17.7 Å². The van der Waals surface area contributed by atoms with Gasteiger partial charge >= 0.3 is 6.18 Å². The highest BCUT2D eigenvalue weighted by atomic mass is 32.1. The number of nitrogens with zero attached hydrogens (tertiary/aromatic N) is 2. The van der Waals surface area contributed by atoms with Gasteiger partial charge < -0.3 is 15.2 Å². The molecular weight excluding hydrogens is 409 g/mol. The summed E-state index contributed by atoms with van der Waals surface area (Å²) in [5.41, 5.74) is -0.700. The van der Waals surface area contributed by atoms with E-state index in [2.05, 4.69) is 20.8 Å². The van der Waals surface area contributed by atoms with Gasteiger partial charge in [0, 0.05) is 36.4 Å². The van der Waals surface area contributed by atoms with Crippen LogP contribution in [0.3, 0.4) is 0 Å². The second kappa shape index (κ2) is 8.43. The van der Waals surface area contributed by atoms with Gasteiger partial charge in [-0.1, -0.05) is 5.16 Å². The maximum Gasteiger partial charge on any atom is 0.418 e. The first-order valence-corrected chi connectivity index (χ1v) is 9.30. The van der Waals surface area contributed by atoms with Crippen molar-refractivity contribution < 1.29 is 27.3 Å². The van der Waals surface area contributed by atoms with Crippen LogP contribution in [0, 0.1) is 0 Å². The smallest absolute Gasteiger partial charge is 0.339 e. The molecule has 0 unspecified atom stereocenters. The van der Waals surface area contributed by atoms with Gasteiger partial charge in [0.15, 0.2) is 0 Å². The summed E-state index contributed by atoms with van der Waals surface area (Å²) in [6, 6.07) is 4.95. The third-order valence-electron chi connectivity index (χ3n) is 3.73. The van der Waals surface area contributed by atoms with Crippen molar-refractivity contribution >= 4 is 34.5 Å². The molecule has 0 radical (unpaired) electrons. The Morgan fingerprint density at radius 2 is 2.00 bits per heavy atom. The summed E-state index contributed by atoms with van der Waals surface area (Å²) in [4.78, 5) is 27.3. The Morgan fingerprint density at radius 1 is 1.21 bits per heavy atom. The van der Waals surface area contributed by atoms with Gasteiger partial charge in [-0.25, -0.2) is 0 Å². The molecule has 1 aromatic carbocycles. The average molecular weight is 424 g/mol. The Hall–Kier alpha value is -3.21. The number of carbonyl (C=O) groups excluding carboxylic acids is 2. The number of thiophene rings is 1. The number of alkyl halides is 3. The number of nitrogens with one attached hydrogen (secondary N) is 2. The zero-order valence-electron chi connectivity index (χ0n) is 15.0. The van der Waals surface area contributed by atoms with Crippen LogP contribution in [0.2, 0.25) is 0 Å². The largest absolute Gasteiger partial charge is 0.418 e. The summed E-state index contributed by atoms with van der Waals surface area (Å²) < 4.78 is 45.0. The molecule has 0 bridgehead atoms. The molecule has 0 fully saturated rings. The number of rotatable bonds is 6. The molecule has 29 heavy (non-hydrogen) atoms. The van der Waals surface area contributed by atoms with E-state index in [1.165, 1.54) is 24.3 Å². The first-order valence-electron chi connectivity index (χ1n) is 8.36. The molecule has 2 heterocycles. The lowest BCUT2D eigenvalue weighted by Crippen LogP contribution is -2.17. The van der Waals surface area contributed by atoms with Crippen molar-refractivity contribution in [1.82, 2.24) is 10.1 Å². The zero-order valence-corrected chi connectivity index (χ0v) is 15.9. The van der Waals surface area contributed by atoms with Crippen molar-refractivity contribution in [2.24, 2.45) is 0 Å². The first kappa shape index (κ1) is 20.5. The van der Waals surface area contributed by atoms with Crippen LogP contribution >= 0.6 is 11.3 Å². The van der Waals surface area contributed by atoms with Crippen molar-refractivity contribution in [1.29, 1.82) is 0 Å². The lowest BCUT2D eigenvalue weighted by Gasteiger charge is -2.15. The predicted molar refractivity (Wildman–Crippen MR) is 100 cm³/mol. The summed E-state index contributed by atoms with van der Waals surface area (Å²) in [7, 11) is 0. The van der Waals surface area contributed by atoms with E-state index in [1.807, 2.05) is 16.8 Å².